The number of nitrogens with zero attached hydrogens (tertiary/aromatic N) is 1. The predicted octanol–water partition coefficient (Wildman–Crippen LogP) is 2.19. The van der Waals surface area contributed by atoms with Crippen LogP contribution in [0.4, 0.5) is 13.2 Å². The van der Waals surface area contributed by atoms with E-state index in [1.807, 2.05) is 47.6 Å². The summed E-state index contributed by atoms with van der Waals surface area (Å²) >= 11 is 0. The summed E-state index contributed by atoms with van der Waals surface area (Å²) in [6, 6.07) is 9.78. The Kier molecular flexibility index (Phi) is 5.82. The third kappa shape index (κ3) is 6.24. The first kappa shape index (κ1) is 15.5. The van der Waals surface area contributed by atoms with Gasteiger partial charge in [0, 0.05) is 13.1 Å². The van der Waals surface area contributed by atoms with Gasteiger partial charge in [0.25, 0.3) is 0 Å². The zero-order valence-electron chi connectivity index (χ0n) is 10.7. The van der Waals surface area contributed by atoms with Crippen molar-refractivity contribution < 1.29 is 18.0 Å². The van der Waals surface area contributed by atoms with Gasteiger partial charge in [0.1, 0.15) is 0 Å². The highest BCUT2D eigenvalue weighted by Gasteiger charge is 2.38. The third-order valence-electron chi connectivity index (χ3n) is 2.55. The van der Waals surface area contributed by atoms with E-state index in [4.69, 9.17) is 0 Å². The van der Waals surface area contributed by atoms with Crippen LogP contribution in [0, 0.1) is 0 Å². The van der Waals surface area contributed by atoms with Gasteiger partial charge in [0.15, 0.2) is 0 Å². The van der Waals surface area contributed by atoms with Gasteiger partial charge in [-0.05, 0) is 25.6 Å². The third-order valence-corrected chi connectivity index (χ3v) is 2.55. The molecule has 106 valence electrons. The van der Waals surface area contributed by atoms with Gasteiger partial charge in [-0.3, -0.25) is 4.79 Å². The number of hydrogen-bond acceptors (Lipinski definition) is 2. The van der Waals surface area contributed by atoms with Crippen molar-refractivity contribution in [3.05, 3.63) is 35.9 Å². The molecule has 0 unspecified atom stereocenters. The van der Waals surface area contributed by atoms with Crippen molar-refractivity contribution >= 4 is 5.91 Å². The van der Waals surface area contributed by atoms with Crippen molar-refractivity contribution in [3.63, 3.8) is 0 Å². The summed E-state index contributed by atoms with van der Waals surface area (Å²) < 4.78 is 35.7. The number of nitrogens with one attached hydrogen (secondary N) is 1. The lowest BCUT2D eigenvalue weighted by molar-refractivity contribution is -0.173. The highest BCUT2D eigenvalue weighted by atomic mass is 19.4. The molecule has 0 spiro atoms. The second-order valence-corrected chi connectivity index (χ2v) is 4.33. The maximum absolute atomic E-state index is 11.9. The quantitative estimate of drug-likeness (QED) is 0.806. The smallest absolute Gasteiger partial charge is 0.348 e. The Morgan fingerprint density at radius 2 is 1.89 bits per heavy atom. The lowest BCUT2D eigenvalue weighted by Crippen LogP contribution is -2.38. The van der Waals surface area contributed by atoms with Crippen LogP contribution in [0.3, 0.4) is 0 Å². The molecule has 19 heavy (non-hydrogen) atoms. The first-order valence-electron chi connectivity index (χ1n) is 5.97. The molecular weight excluding hydrogens is 257 g/mol. The molecule has 0 aliphatic rings. The molecule has 0 saturated heterocycles. The number of carbonyl (C=O) groups is 1. The first-order chi connectivity index (χ1) is 8.89. The molecule has 1 amide bonds. The Hall–Kier alpha value is -1.56. The van der Waals surface area contributed by atoms with Crippen LogP contribution in [-0.2, 0) is 11.3 Å². The Morgan fingerprint density at radius 1 is 1.26 bits per heavy atom. The molecule has 0 aliphatic heterocycles. The largest absolute Gasteiger partial charge is 0.471 e. The van der Waals surface area contributed by atoms with Crippen LogP contribution < -0.4 is 5.32 Å². The fourth-order valence-corrected chi connectivity index (χ4v) is 1.63. The average molecular weight is 274 g/mol. The second kappa shape index (κ2) is 7.13. The molecule has 0 aliphatic carbocycles. The highest BCUT2D eigenvalue weighted by Crippen LogP contribution is 2.13. The van der Waals surface area contributed by atoms with Crippen LogP contribution in [-0.4, -0.2) is 37.1 Å². The van der Waals surface area contributed by atoms with Crippen molar-refractivity contribution in [2.75, 3.05) is 20.1 Å². The van der Waals surface area contributed by atoms with Gasteiger partial charge in [0.2, 0.25) is 0 Å². The summed E-state index contributed by atoms with van der Waals surface area (Å²) in [5.74, 6) is -1.88. The first-order valence-corrected chi connectivity index (χ1v) is 5.97. The second-order valence-electron chi connectivity index (χ2n) is 4.33. The molecule has 0 atom stereocenters. The number of carbonyl (C=O) groups excluding carboxylic acids is 1. The van der Waals surface area contributed by atoms with E-state index in [2.05, 4.69) is 0 Å². The molecule has 0 radical (unpaired) electrons. The lowest BCUT2D eigenvalue weighted by atomic mass is 10.2. The maximum atomic E-state index is 11.9. The number of rotatable bonds is 6. The van der Waals surface area contributed by atoms with E-state index in [-0.39, 0.29) is 6.54 Å². The molecule has 0 bridgehead atoms. The average Bonchev–Trinajstić information content (AvgIpc) is 2.34. The fourth-order valence-electron chi connectivity index (χ4n) is 1.63. The Balaban J connectivity index is 2.18. The summed E-state index contributed by atoms with van der Waals surface area (Å²) in [5.41, 5.74) is 1.14. The van der Waals surface area contributed by atoms with E-state index in [1.54, 1.807) is 0 Å². The van der Waals surface area contributed by atoms with E-state index >= 15 is 0 Å². The summed E-state index contributed by atoms with van der Waals surface area (Å²) in [7, 11) is 1.89. The zero-order chi connectivity index (χ0) is 14.3. The molecule has 6 heteroatoms. The normalized spacial score (nSPS) is 11.6. The molecule has 0 aromatic heterocycles. The Labute approximate surface area is 110 Å². The summed E-state index contributed by atoms with van der Waals surface area (Å²) in [6.45, 7) is 1.37. The summed E-state index contributed by atoms with van der Waals surface area (Å²) in [4.78, 5) is 12.5. The SMILES string of the molecule is CN(CCCNC(=O)C(F)(F)F)Cc1ccccc1. The Morgan fingerprint density at radius 3 is 2.47 bits per heavy atom. The van der Waals surface area contributed by atoms with Crippen molar-refractivity contribution in [2.24, 2.45) is 0 Å². The number of benzene rings is 1. The van der Waals surface area contributed by atoms with Crippen LogP contribution in [0.2, 0.25) is 0 Å². The van der Waals surface area contributed by atoms with Gasteiger partial charge in [-0.1, -0.05) is 30.3 Å². The highest BCUT2D eigenvalue weighted by molar-refractivity contribution is 5.81. The predicted molar refractivity (Wildman–Crippen MR) is 66.5 cm³/mol. The molecule has 1 aromatic carbocycles. The number of alkyl halides is 3. The van der Waals surface area contributed by atoms with Crippen LogP contribution in [0.1, 0.15) is 12.0 Å². The molecule has 0 saturated carbocycles. The van der Waals surface area contributed by atoms with Gasteiger partial charge < -0.3 is 10.2 Å². The van der Waals surface area contributed by atoms with Gasteiger partial charge >= 0.3 is 12.1 Å². The van der Waals surface area contributed by atoms with E-state index in [1.165, 1.54) is 0 Å². The molecule has 3 nitrogen and oxygen atoms in total. The van der Waals surface area contributed by atoms with Crippen LogP contribution in [0.25, 0.3) is 0 Å². The molecule has 1 aromatic rings. The molecule has 1 N–H and O–H groups in total. The fraction of sp³-hybridized carbons (Fsp3) is 0.462. The van der Waals surface area contributed by atoms with E-state index in [0.717, 1.165) is 12.1 Å². The summed E-state index contributed by atoms with van der Waals surface area (Å²) in [5, 5.41) is 1.85. The van der Waals surface area contributed by atoms with Crippen molar-refractivity contribution in [1.29, 1.82) is 0 Å². The summed E-state index contributed by atoms with van der Waals surface area (Å²) in [6.07, 6.45) is -4.32. The van der Waals surface area contributed by atoms with Crippen molar-refractivity contribution in [1.82, 2.24) is 10.2 Å². The van der Waals surface area contributed by atoms with E-state index in [9.17, 15) is 18.0 Å². The van der Waals surface area contributed by atoms with Gasteiger partial charge in [0.05, 0.1) is 0 Å². The van der Waals surface area contributed by atoms with E-state index in [0.29, 0.717) is 13.0 Å². The minimum absolute atomic E-state index is 0.0253. The molecule has 0 fully saturated rings. The van der Waals surface area contributed by atoms with Crippen LogP contribution >= 0.6 is 0 Å². The van der Waals surface area contributed by atoms with Gasteiger partial charge in [-0.25, -0.2) is 0 Å². The maximum Gasteiger partial charge on any atom is 0.471 e. The topological polar surface area (TPSA) is 32.3 Å². The van der Waals surface area contributed by atoms with Gasteiger partial charge in [-0.15, -0.1) is 0 Å². The standard InChI is InChI=1S/C13H17F3N2O/c1-18(10-11-6-3-2-4-7-11)9-5-8-17-12(19)13(14,15)16/h2-4,6-7H,5,8-10H2,1H3,(H,17,19). The van der Waals surface area contributed by atoms with Crippen LogP contribution in [0.15, 0.2) is 30.3 Å². The minimum atomic E-state index is -4.80. The molecular formula is C13H17F3N2O. The minimum Gasteiger partial charge on any atom is -0.348 e. The zero-order valence-corrected chi connectivity index (χ0v) is 10.7. The number of amides is 1. The Bertz CT molecular complexity index is 393. The molecule has 1 rings (SSSR count). The van der Waals surface area contributed by atoms with Crippen LogP contribution in [0.5, 0.6) is 0 Å². The molecule has 0 heterocycles. The van der Waals surface area contributed by atoms with E-state index < -0.39 is 12.1 Å². The van der Waals surface area contributed by atoms with Crippen molar-refractivity contribution in [2.45, 2.75) is 19.1 Å². The monoisotopic (exact) mass is 274 g/mol. The number of hydrogen-bond donors (Lipinski definition) is 1. The lowest BCUT2D eigenvalue weighted by Gasteiger charge is -2.16. The number of halogens is 3. The van der Waals surface area contributed by atoms with Crippen molar-refractivity contribution in [3.8, 4) is 0 Å². The van der Waals surface area contributed by atoms with Gasteiger partial charge in [-0.2, -0.15) is 13.2 Å².